The summed E-state index contributed by atoms with van der Waals surface area (Å²) in [6, 6.07) is 4.25. The number of amides is 2. The highest BCUT2D eigenvalue weighted by molar-refractivity contribution is 6.07. The van der Waals surface area contributed by atoms with Crippen molar-refractivity contribution in [1.29, 1.82) is 0 Å². The van der Waals surface area contributed by atoms with Crippen LogP contribution in [0.3, 0.4) is 0 Å². The SMILES string of the molecule is COCCn1cnc2cc(NC(=O)C3CCCCC3)cc(C(=O)NCC3CCN(C(C)C)CC3)c21. The number of hydrogen-bond acceptors (Lipinski definition) is 5. The number of hydrogen-bond donors (Lipinski definition) is 2. The third-order valence-electron chi connectivity index (χ3n) is 7.67. The second-order valence-electron chi connectivity index (χ2n) is 10.4. The Balaban J connectivity index is 1.50. The maximum atomic E-state index is 13.4. The molecule has 1 aromatic carbocycles. The number of aromatic nitrogens is 2. The Kier molecular flexibility index (Phi) is 8.78. The third-order valence-corrected chi connectivity index (χ3v) is 7.67. The van der Waals surface area contributed by atoms with E-state index in [4.69, 9.17) is 4.74 Å². The molecule has 192 valence electrons. The van der Waals surface area contributed by atoms with Gasteiger partial charge >= 0.3 is 0 Å². The molecule has 1 saturated heterocycles. The minimum absolute atomic E-state index is 0.0473. The van der Waals surface area contributed by atoms with E-state index in [-0.39, 0.29) is 17.7 Å². The lowest BCUT2D eigenvalue weighted by molar-refractivity contribution is -0.120. The summed E-state index contributed by atoms with van der Waals surface area (Å²) in [5.74, 6) is 0.463. The van der Waals surface area contributed by atoms with E-state index < -0.39 is 0 Å². The largest absolute Gasteiger partial charge is 0.383 e. The molecule has 0 spiro atoms. The lowest BCUT2D eigenvalue weighted by Crippen LogP contribution is -2.41. The Morgan fingerprint density at radius 3 is 2.54 bits per heavy atom. The molecule has 0 radical (unpaired) electrons. The molecule has 0 bridgehead atoms. The number of methoxy groups -OCH3 is 1. The first-order valence-corrected chi connectivity index (χ1v) is 13.3. The van der Waals surface area contributed by atoms with Gasteiger partial charge in [-0.15, -0.1) is 0 Å². The number of likely N-dealkylation sites (tertiary alicyclic amines) is 1. The first-order chi connectivity index (χ1) is 17.0. The summed E-state index contributed by atoms with van der Waals surface area (Å²) in [5, 5.41) is 6.25. The quantitative estimate of drug-likeness (QED) is 0.562. The normalized spacial score (nSPS) is 18.3. The fraction of sp³-hybridized carbons (Fsp3) is 0.667. The van der Waals surface area contributed by atoms with Gasteiger partial charge in [-0.2, -0.15) is 0 Å². The molecule has 8 nitrogen and oxygen atoms in total. The molecule has 2 aliphatic rings. The van der Waals surface area contributed by atoms with Crippen LogP contribution in [0.4, 0.5) is 5.69 Å². The second kappa shape index (κ2) is 12.0. The summed E-state index contributed by atoms with van der Waals surface area (Å²) in [5.41, 5.74) is 2.68. The highest BCUT2D eigenvalue weighted by atomic mass is 16.5. The van der Waals surface area contributed by atoms with Gasteiger partial charge in [-0.3, -0.25) is 9.59 Å². The van der Waals surface area contributed by atoms with Crippen LogP contribution in [0.5, 0.6) is 0 Å². The smallest absolute Gasteiger partial charge is 0.253 e. The van der Waals surface area contributed by atoms with Gasteiger partial charge in [0.25, 0.3) is 5.91 Å². The summed E-state index contributed by atoms with van der Waals surface area (Å²) in [7, 11) is 1.66. The number of anilines is 1. The Labute approximate surface area is 208 Å². The van der Waals surface area contributed by atoms with Crippen molar-refractivity contribution in [3.8, 4) is 0 Å². The highest BCUT2D eigenvalue weighted by Crippen LogP contribution is 2.28. The number of fused-ring (bicyclic) bond motifs is 1. The summed E-state index contributed by atoms with van der Waals surface area (Å²) >= 11 is 0. The topological polar surface area (TPSA) is 88.5 Å². The molecule has 1 aliphatic carbocycles. The van der Waals surface area contributed by atoms with Crippen LogP contribution in [0.2, 0.25) is 0 Å². The van der Waals surface area contributed by atoms with Crippen LogP contribution in [0.15, 0.2) is 18.5 Å². The molecule has 35 heavy (non-hydrogen) atoms. The predicted octanol–water partition coefficient (Wildman–Crippen LogP) is 4.05. The van der Waals surface area contributed by atoms with Crippen LogP contribution in [0, 0.1) is 11.8 Å². The zero-order chi connectivity index (χ0) is 24.8. The van der Waals surface area contributed by atoms with E-state index in [9.17, 15) is 9.59 Å². The minimum atomic E-state index is -0.116. The number of rotatable bonds is 9. The fourth-order valence-electron chi connectivity index (χ4n) is 5.43. The van der Waals surface area contributed by atoms with Gasteiger partial charge in [0.1, 0.15) is 0 Å². The Morgan fingerprint density at radius 1 is 1.11 bits per heavy atom. The van der Waals surface area contributed by atoms with Crippen LogP contribution >= 0.6 is 0 Å². The van der Waals surface area contributed by atoms with Crippen LogP contribution in [0.25, 0.3) is 11.0 Å². The van der Waals surface area contributed by atoms with Crippen LogP contribution in [-0.4, -0.2) is 65.7 Å². The molecule has 1 aliphatic heterocycles. The van der Waals surface area contributed by atoms with Crippen molar-refractivity contribution in [2.45, 2.75) is 71.4 Å². The lowest BCUT2D eigenvalue weighted by atomic mass is 9.88. The van der Waals surface area contributed by atoms with Gasteiger partial charge in [-0.05, 0) is 70.7 Å². The summed E-state index contributed by atoms with van der Waals surface area (Å²) in [4.78, 5) is 33.3. The average Bonchev–Trinajstić information content (AvgIpc) is 3.29. The summed E-state index contributed by atoms with van der Waals surface area (Å²) < 4.78 is 7.21. The molecule has 2 aromatic rings. The second-order valence-corrected chi connectivity index (χ2v) is 10.4. The van der Waals surface area contributed by atoms with E-state index in [0.717, 1.165) is 57.1 Å². The molecule has 1 aromatic heterocycles. The van der Waals surface area contributed by atoms with Crippen molar-refractivity contribution in [3.63, 3.8) is 0 Å². The zero-order valence-corrected chi connectivity index (χ0v) is 21.5. The minimum Gasteiger partial charge on any atom is -0.383 e. The number of nitrogens with one attached hydrogen (secondary N) is 2. The van der Waals surface area contributed by atoms with Crippen LogP contribution < -0.4 is 10.6 Å². The summed E-state index contributed by atoms with van der Waals surface area (Å²) in [6.07, 6.45) is 9.21. The Bertz CT molecular complexity index is 1000. The predicted molar refractivity (Wildman–Crippen MR) is 139 cm³/mol. The maximum Gasteiger partial charge on any atom is 0.253 e. The number of nitrogens with zero attached hydrogens (tertiary/aromatic N) is 3. The third kappa shape index (κ3) is 6.41. The van der Waals surface area contributed by atoms with E-state index in [1.54, 1.807) is 13.4 Å². The standard InChI is InChI=1S/C27H41N5O3/c1-19(2)31-11-9-20(10-12-31)17-28-27(34)23-15-22(30-26(33)21-7-5-4-6-8-21)16-24-25(23)32(18-29-24)13-14-35-3/h15-16,18-21H,4-14,17H2,1-3H3,(H,28,34)(H,30,33). The number of ether oxygens (including phenoxy) is 1. The van der Waals surface area contributed by atoms with Crippen molar-refractivity contribution in [2.24, 2.45) is 11.8 Å². The first-order valence-electron chi connectivity index (χ1n) is 13.3. The van der Waals surface area contributed by atoms with E-state index in [1.165, 1.54) is 6.42 Å². The van der Waals surface area contributed by atoms with Gasteiger partial charge in [0.2, 0.25) is 5.91 Å². The molecule has 8 heteroatoms. The molecule has 2 amide bonds. The molecule has 1 saturated carbocycles. The van der Waals surface area contributed by atoms with Gasteiger partial charge < -0.3 is 24.8 Å². The van der Waals surface area contributed by atoms with Crippen molar-refractivity contribution >= 4 is 28.5 Å². The van der Waals surface area contributed by atoms with Crippen molar-refractivity contribution in [2.75, 3.05) is 38.7 Å². The molecule has 4 rings (SSSR count). The lowest BCUT2D eigenvalue weighted by Gasteiger charge is -2.34. The number of piperidine rings is 1. The van der Waals surface area contributed by atoms with Crippen LogP contribution in [0.1, 0.15) is 69.2 Å². The van der Waals surface area contributed by atoms with Crippen LogP contribution in [-0.2, 0) is 16.1 Å². The van der Waals surface area contributed by atoms with E-state index >= 15 is 0 Å². The Hall–Kier alpha value is -2.45. The number of carbonyl (C=O) groups is 2. The maximum absolute atomic E-state index is 13.4. The average molecular weight is 484 g/mol. The molecular weight excluding hydrogens is 442 g/mol. The van der Waals surface area contributed by atoms with Crippen molar-refractivity contribution in [1.82, 2.24) is 19.8 Å². The molecule has 2 N–H and O–H groups in total. The van der Waals surface area contributed by atoms with E-state index in [0.29, 0.717) is 48.4 Å². The van der Waals surface area contributed by atoms with E-state index in [2.05, 4.69) is 34.4 Å². The van der Waals surface area contributed by atoms with Gasteiger partial charge in [-0.1, -0.05) is 19.3 Å². The molecule has 2 fully saturated rings. The van der Waals surface area contributed by atoms with Gasteiger partial charge in [-0.25, -0.2) is 4.98 Å². The van der Waals surface area contributed by atoms with E-state index in [1.807, 2.05) is 16.7 Å². The highest BCUT2D eigenvalue weighted by Gasteiger charge is 2.24. The number of benzene rings is 1. The fourth-order valence-corrected chi connectivity index (χ4v) is 5.43. The van der Waals surface area contributed by atoms with Crippen molar-refractivity contribution < 1.29 is 14.3 Å². The monoisotopic (exact) mass is 483 g/mol. The zero-order valence-electron chi connectivity index (χ0n) is 21.5. The molecule has 0 unspecified atom stereocenters. The summed E-state index contributed by atoms with van der Waals surface area (Å²) in [6.45, 7) is 8.43. The first kappa shape index (κ1) is 25.6. The van der Waals surface area contributed by atoms with Gasteiger partial charge in [0.05, 0.1) is 29.5 Å². The number of carbonyl (C=O) groups excluding carboxylic acids is 2. The van der Waals surface area contributed by atoms with Gasteiger partial charge in [0.15, 0.2) is 0 Å². The van der Waals surface area contributed by atoms with Crippen molar-refractivity contribution in [3.05, 3.63) is 24.0 Å². The molecular formula is C27H41N5O3. The molecule has 0 atom stereocenters. The Morgan fingerprint density at radius 2 is 1.86 bits per heavy atom. The number of imidazole rings is 1. The molecule has 2 heterocycles. The van der Waals surface area contributed by atoms with Gasteiger partial charge in [0, 0.05) is 37.8 Å².